The average molecular weight is 525 g/mol. The molecule has 1 atom stereocenters. The van der Waals surface area contributed by atoms with E-state index in [9.17, 15) is 8.78 Å². The van der Waals surface area contributed by atoms with Gasteiger partial charge in [0.05, 0.1) is 5.69 Å². The second kappa shape index (κ2) is 11.2. The van der Waals surface area contributed by atoms with E-state index in [0.717, 1.165) is 52.6 Å². The molecule has 0 spiro atoms. The van der Waals surface area contributed by atoms with Crippen molar-refractivity contribution in [3.63, 3.8) is 0 Å². The minimum Gasteiger partial charge on any atom is -0.324 e. The van der Waals surface area contributed by atoms with E-state index < -0.39 is 11.6 Å². The van der Waals surface area contributed by atoms with Gasteiger partial charge in [-0.3, -0.25) is 0 Å². The summed E-state index contributed by atoms with van der Waals surface area (Å²) >= 11 is 0. The lowest BCUT2D eigenvalue weighted by atomic mass is 9.78. The van der Waals surface area contributed by atoms with Crippen molar-refractivity contribution in [2.24, 2.45) is 0 Å². The molecule has 4 nitrogen and oxygen atoms in total. The summed E-state index contributed by atoms with van der Waals surface area (Å²) in [4.78, 5) is 12.0. The van der Waals surface area contributed by atoms with Gasteiger partial charge in [0.25, 0.3) is 0 Å². The number of rotatable bonds is 7. The fraction of sp³-hybridized carbons (Fsp3) is 0.333. The van der Waals surface area contributed by atoms with Crippen LogP contribution in [0, 0.1) is 11.6 Å². The summed E-state index contributed by atoms with van der Waals surface area (Å²) in [6, 6.07) is 21.5. The fourth-order valence-corrected chi connectivity index (χ4v) is 6.12. The highest BCUT2D eigenvalue weighted by Crippen LogP contribution is 2.42. The molecule has 1 unspecified atom stereocenters. The third-order valence-corrected chi connectivity index (χ3v) is 8.39. The molecule has 4 aromatic rings. The van der Waals surface area contributed by atoms with E-state index in [4.69, 9.17) is 4.98 Å². The summed E-state index contributed by atoms with van der Waals surface area (Å²) in [7, 11) is 2.26. The highest BCUT2D eigenvalue weighted by molar-refractivity contribution is 5.73. The van der Waals surface area contributed by atoms with Gasteiger partial charge >= 0.3 is 0 Å². The van der Waals surface area contributed by atoms with Gasteiger partial charge in [0, 0.05) is 36.0 Å². The zero-order valence-corrected chi connectivity index (χ0v) is 22.3. The van der Waals surface area contributed by atoms with E-state index in [2.05, 4.69) is 46.5 Å². The molecule has 200 valence electrons. The Morgan fingerprint density at radius 2 is 1.72 bits per heavy atom. The highest BCUT2D eigenvalue weighted by atomic mass is 19.2. The van der Waals surface area contributed by atoms with Crippen LogP contribution in [-0.2, 0) is 12.8 Å². The number of fused-ring (bicyclic) bond motifs is 3. The molecular formula is C33H34F2N4. The predicted molar refractivity (Wildman–Crippen MR) is 152 cm³/mol. The van der Waals surface area contributed by atoms with Crippen molar-refractivity contribution in [3.8, 4) is 11.3 Å². The van der Waals surface area contributed by atoms with Gasteiger partial charge in [-0.05, 0) is 79.3 Å². The smallest absolute Gasteiger partial charge is 0.227 e. The van der Waals surface area contributed by atoms with E-state index >= 15 is 0 Å². The summed E-state index contributed by atoms with van der Waals surface area (Å²) in [5, 5.41) is 3.36. The van der Waals surface area contributed by atoms with Gasteiger partial charge in [-0.25, -0.2) is 18.7 Å². The third kappa shape index (κ3) is 5.57. The van der Waals surface area contributed by atoms with Crippen molar-refractivity contribution in [3.05, 3.63) is 107 Å². The maximum absolute atomic E-state index is 14.0. The van der Waals surface area contributed by atoms with Gasteiger partial charge in [-0.2, -0.15) is 0 Å². The number of aromatic nitrogens is 2. The molecule has 1 saturated carbocycles. The molecule has 6 rings (SSSR count). The standard InChI is InChI=1S/C33H34F2N4/c1-39(26-7-3-2-4-8-26)18-17-22-11-14-25(15-12-22)37-33-36-21-24-19-29(23-13-16-30(34)31(35)20-23)27-9-5-6-10-28(27)32(24)38-33/h5-6,9-16,20-21,26,29H,2-4,7-8,17-19H2,1H3,(H,36,37,38). The summed E-state index contributed by atoms with van der Waals surface area (Å²) < 4.78 is 27.6. The Labute approximate surface area is 229 Å². The van der Waals surface area contributed by atoms with Crippen LogP contribution in [0.3, 0.4) is 0 Å². The molecule has 2 aliphatic rings. The molecular weight excluding hydrogens is 490 g/mol. The normalized spacial score (nSPS) is 17.1. The first-order valence-corrected chi connectivity index (χ1v) is 14.0. The molecule has 1 N–H and O–H groups in total. The van der Waals surface area contributed by atoms with Crippen molar-refractivity contribution in [2.75, 3.05) is 18.9 Å². The van der Waals surface area contributed by atoms with E-state index in [1.165, 1.54) is 49.8 Å². The second-order valence-electron chi connectivity index (χ2n) is 10.9. The van der Waals surface area contributed by atoms with Crippen molar-refractivity contribution in [1.82, 2.24) is 14.9 Å². The first kappa shape index (κ1) is 25.6. The van der Waals surface area contributed by atoms with Crippen molar-refractivity contribution >= 4 is 11.6 Å². The van der Waals surface area contributed by atoms with Crippen LogP contribution in [-0.4, -0.2) is 34.5 Å². The topological polar surface area (TPSA) is 41.0 Å². The lowest BCUT2D eigenvalue weighted by Gasteiger charge is -2.31. The maximum Gasteiger partial charge on any atom is 0.227 e. The zero-order chi connectivity index (χ0) is 26.8. The largest absolute Gasteiger partial charge is 0.324 e. The molecule has 0 amide bonds. The Bertz CT molecular complexity index is 1450. The summed E-state index contributed by atoms with van der Waals surface area (Å²) in [6.45, 7) is 1.08. The SMILES string of the molecule is CN(CCc1ccc(Nc2ncc3c(n2)-c2ccccc2C(c2ccc(F)c(F)c2)C3)cc1)C1CCCCC1. The summed E-state index contributed by atoms with van der Waals surface area (Å²) in [5.41, 5.74) is 6.95. The number of anilines is 2. The number of likely N-dealkylation sites (N-methyl/N-ethyl adjacent to an activating group) is 1. The number of hydrogen-bond donors (Lipinski definition) is 1. The molecule has 0 bridgehead atoms. The highest BCUT2D eigenvalue weighted by Gasteiger charge is 2.28. The molecule has 2 aliphatic carbocycles. The lowest BCUT2D eigenvalue weighted by Crippen LogP contribution is -2.34. The summed E-state index contributed by atoms with van der Waals surface area (Å²) in [6.07, 6.45) is 10.3. The van der Waals surface area contributed by atoms with Crippen LogP contribution >= 0.6 is 0 Å². The number of benzene rings is 3. The van der Waals surface area contributed by atoms with Crippen LogP contribution in [0.1, 0.15) is 60.3 Å². The van der Waals surface area contributed by atoms with Crippen molar-refractivity contribution in [1.29, 1.82) is 0 Å². The van der Waals surface area contributed by atoms with Crippen LogP contribution in [0.15, 0.2) is 72.9 Å². The monoisotopic (exact) mass is 524 g/mol. The van der Waals surface area contributed by atoms with Gasteiger partial charge in [0.2, 0.25) is 5.95 Å². The first-order valence-electron chi connectivity index (χ1n) is 14.0. The van der Waals surface area contributed by atoms with E-state index in [0.29, 0.717) is 12.4 Å². The maximum atomic E-state index is 14.0. The molecule has 0 aliphatic heterocycles. The molecule has 0 radical (unpaired) electrons. The molecule has 39 heavy (non-hydrogen) atoms. The van der Waals surface area contributed by atoms with Gasteiger partial charge in [-0.1, -0.05) is 61.7 Å². The Hall–Kier alpha value is -3.64. The molecule has 1 aromatic heterocycles. The van der Waals surface area contributed by atoms with Crippen LogP contribution in [0.25, 0.3) is 11.3 Å². The molecule has 0 saturated heterocycles. The summed E-state index contributed by atoms with van der Waals surface area (Å²) in [5.74, 6) is -1.20. The second-order valence-corrected chi connectivity index (χ2v) is 10.9. The number of halogens is 2. The van der Waals surface area contributed by atoms with Gasteiger partial charge < -0.3 is 10.2 Å². The average Bonchev–Trinajstić information content (AvgIpc) is 2.98. The number of nitrogens with one attached hydrogen (secondary N) is 1. The zero-order valence-electron chi connectivity index (χ0n) is 22.3. The quantitative estimate of drug-likeness (QED) is 0.269. The number of hydrogen-bond acceptors (Lipinski definition) is 4. The Balaban J connectivity index is 1.16. The number of nitrogens with zero attached hydrogens (tertiary/aromatic N) is 3. The molecule has 1 heterocycles. The fourth-order valence-electron chi connectivity index (χ4n) is 6.12. The van der Waals surface area contributed by atoms with Crippen LogP contribution < -0.4 is 5.32 Å². The third-order valence-electron chi connectivity index (χ3n) is 8.39. The Morgan fingerprint density at radius 3 is 2.51 bits per heavy atom. The van der Waals surface area contributed by atoms with Crippen molar-refractivity contribution in [2.45, 2.75) is 56.9 Å². The van der Waals surface area contributed by atoms with E-state index in [1.54, 1.807) is 6.07 Å². The van der Waals surface area contributed by atoms with Crippen LogP contribution in [0.5, 0.6) is 0 Å². The molecule has 1 fully saturated rings. The van der Waals surface area contributed by atoms with Gasteiger partial charge in [-0.15, -0.1) is 0 Å². The Kier molecular flexibility index (Phi) is 7.38. The van der Waals surface area contributed by atoms with Gasteiger partial charge in [0.1, 0.15) is 0 Å². The molecule has 3 aromatic carbocycles. The van der Waals surface area contributed by atoms with E-state index in [-0.39, 0.29) is 5.92 Å². The minimum absolute atomic E-state index is 0.0871. The first-order chi connectivity index (χ1) is 19.0. The van der Waals surface area contributed by atoms with Crippen molar-refractivity contribution < 1.29 is 8.78 Å². The van der Waals surface area contributed by atoms with Crippen LogP contribution in [0.2, 0.25) is 0 Å². The Morgan fingerprint density at radius 1 is 0.923 bits per heavy atom. The molecule has 6 heteroatoms. The van der Waals surface area contributed by atoms with Crippen LogP contribution in [0.4, 0.5) is 20.4 Å². The lowest BCUT2D eigenvalue weighted by molar-refractivity contribution is 0.194. The van der Waals surface area contributed by atoms with Gasteiger partial charge in [0.15, 0.2) is 11.6 Å². The predicted octanol–water partition coefficient (Wildman–Crippen LogP) is 7.66. The minimum atomic E-state index is -0.831. The van der Waals surface area contributed by atoms with E-state index in [1.807, 2.05) is 30.5 Å².